The van der Waals surface area contributed by atoms with Gasteiger partial charge in [0.1, 0.15) is 0 Å². The number of hydrogen-bond acceptors (Lipinski definition) is 4. The average molecular weight is 296 g/mol. The molecule has 0 unspecified atom stereocenters. The van der Waals surface area contributed by atoms with Crippen molar-refractivity contribution in [3.05, 3.63) is 30.5 Å². The lowest BCUT2D eigenvalue weighted by molar-refractivity contribution is 0.434. The largest absolute Gasteiger partial charge is 0.259 e. The number of hydrogen-bond donors (Lipinski definition) is 1. The molecule has 0 aliphatic heterocycles. The van der Waals surface area contributed by atoms with Crippen molar-refractivity contribution in [1.82, 2.24) is 10.2 Å². The van der Waals surface area contributed by atoms with Gasteiger partial charge in [0, 0.05) is 16.5 Å². The minimum atomic E-state index is 0.643. The average Bonchev–Trinajstić information content (AvgIpc) is 2.59. The van der Waals surface area contributed by atoms with Gasteiger partial charge in [0.15, 0.2) is 5.82 Å². The van der Waals surface area contributed by atoms with Crippen molar-refractivity contribution in [2.75, 3.05) is 5.43 Å². The Morgan fingerprint density at radius 1 is 1.23 bits per heavy atom. The van der Waals surface area contributed by atoms with Crippen LogP contribution in [0.1, 0.15) is 51.9 Å². The summed E-state index contributed by atoms with van der Waals surface area (Å²) < 4.78 is 0. The van der Waals surface area contributed by atoms with Gasteiger partial charge in [-0.1, -0.05) is 56.9 Å². The van der Waals surface area contributed by atoms with E-state index in [1.807, 2.05) is 18.2 Å². The molecule has 0 radical (unpaired) electrons. The van der Waals surface area contributed by atoms with E-state index in [1.54, 1.807) is 6.20 Å². The van der Waals surface area contributed by atoms with Crippen molar-refractivity contribution in [3.8, 4) is 0 Å². The Bertz CT molecular complexity index is 639. The lowest BCUT2D eigenvalue weighted by Crippen LogP contribution is -2.19. The Balaban J connectivity index is 1.82. The Kier molecular flexibility index (Phi) is 4.99. The van der Waals surface area contributed by atoms with E-state index in [0.717, 1.165) is 29.4 Å². The number of nitrogens with zero attached hydrogens (tertiary/aromatic N) is 3. The molecule has 1 aliphatic carbocycles. The summed E-state index contributed by atoms with van der Waals surface area (Å²) in [5.41, 5.74) is 4.49. The summed E-state index contributed by atoms with van der Waals surface area (Å²) in [6.45, 7) is 2.22. The quantitative estimate of drug-likeness (QED) is 0.638. The van der Waals surface area contributed by atoms with E-state index in [0.29, 0.717) is 5.92 Å². The molecule has 22 heavy (non-hydrogen) atoms. The van der Waals surface area contributed by atoms with Gasteiger partial charge in [-0.2, -0.15) is 10.2 Å². The second-order valence-electron chi connectivity index (χ2n) is 6.08. The Morgan fingerprint density at radius 2 is 2.05 bits per heavy atom. The van der Waals surface area contributed by atoms with Crippen LogP contribution in [0.2, 0.25) is 0 Å². The molecule has 1 fully saturated rings. The van der Waals surface area contributed by atoms with Crippen molar-refractivity contribution >= 4 is 22.3 Å². The molecular formula is C18H24N4. The van der Waals surface area contributed by atoms with Crippen LogP contribution >= 0.6 is 0 Å². The number of nitrogens with one attached hydrogen (secondary N) is 1. The first-order valence-electron chi connectivity index (χ1n) is 8.41. The van der Waals surface area contributed by atoms with Crippen LogP contribution < -0.4 is 5.43 Å². The maximum absolute atomic E-state index is 4.72. The molecule has 1 heterocycles. The van der Waals surface area contributed by atoms with Crippen LogP contribution in [-0.2, 0) is 0 Å². The highest BCUT2D eigenvalue weighted by molar-refractivity contribution is 5.92. The number of anilines is 1. The minimum Gasteiger partial charge on any atom is -0.259 e. The van der Waals surface area contributed by atoms with Gasteiger partial charge in [-0.05, 0) is 25.2 Å². The van der Waals surface area contributed by atoms with Crippen molar-refractivity contribution in [2.45, 2.75) is 51.9 Å². The molecule has 4 heteroatoms. The lowest BCUT2D eigenvalue weighted by Gasteiger charge is -2.23. The highest BCUT2D eigenvalue weighted by atomic mass is 15.3. The van der Waals surface area contributed by atoms with E-state index < -0.39 is 0 Å². The molecule has 2 aromatic rings. The highest BCUT2D eigenvalue weighted by Crippen LogP contribution is 2.27. The van der Waals surface area contributed by atoms with Crippen molar-refractivity contribution in [3.63, 3.8) is 0 Å². The molecule has 3 rings (SSSR count). The first-order chi connectivity index (χ1) is 10.9. The second kappa shape index (κ2) is 7.34. The van der Waals surface area contributed by atoms with E-state index in [-0.39, 0.29) is 0 Å². The molecule has 4 nitrogen and oxygen atoms in total. The summed E-state index contributed by atoms with van der Waals surface area (Å²) in [6, 6.07) is 8.14. The Labute approximate surface area is 132 Å². The van der Waals surface area contributed by atoms with Crippen LogP contribution in [0.3, 0.4) is 0 Å². The topological polar surface area (TPSA) is 50.2 Å². The monoisotopic (exact) mass is 296 g/mol. The second-order valence-corrected chi connectivity index (χ2v) is 6.08. The fourth-order valence-electron chi connectivity index (χ4n) is 3.28. The SMILES string of the molecule is CCC/C(=N/Nc1nncc2ccccc12)C1CCCCC1. The lowest BCUT2D eigenvalue weighted by atomic mass is 9.84. The van der Waals surface area contributed by atoms with Gasteiger partial charge >= 0.3 is 0 Å². The first kappa shape index (κ1) is 14.9. The van der Waals surface area contributed by atoms with Crippen LogP contribution in [-0.4, -0.2) is 15.9 Å². The number of aromatic nitrogens is 2. The summed E-state index contributed by atoms with van der Waals surface area (Å²) in [5.74, 6) is 1.40. The van der Waals surface area contributed by atoms with Gasteiger partial charge < -0.3 is 0 Å². The summed E-state index contributed by atoms with van der Waals surface area (Å²) in [5, 5.41) is 15.2. The van der Waals surface area contributed by atoms with Crippen molar-refractivity contribution < 1.29 is 0 Å². The zero-order valence-electron chi connectivity index (χ0n) is 13.3. The van der Waals surface area contributed by atoms with Gasteiger partial charge in [0.05, 0.1) is 6.20 Å². The third-order valence-electron chi connectivity index (χ3n) is 4.46. The molecule has 0 spiro atoms. The van der Waals surface area contributed by atoms with Gasteiger partial charge in [-0.3, -0.25) is 5.43 Å². The maximum atomic E-state index is 4.72. The fraction of sp³-hybridized carbons (Fsp3) is 0.500. The zero-order chi connectivity index (χ0) is 15.2. The van der Waals surface area contributed by atoms with Crippen molar-refractivity contribution in [1.29, 1.82) is 0 Å². The number of hydrazone groups is 1. The van der Waals surface area contributed by atoms with E-state index in [2.05, 4.69) is 28.6 Å². The minimum absolute atomic E-state index is 0.643. The first-order valence-corrected chi connectivity index (χ1v) is 8.41. The van der Waals surface area contributed by atoms with Gasteiger partial charge in [0.25, 0.3) is 0 Å². The zero-order valence-corrected chi connectivity index (χ0v) is 13.3. The van der Waals surface area contributed by atoms with E-state index >= 15 is 0 Å². The molecule has 0 atom stereocenters. The molecule has 1 aromatic heterocycles. The predicted molar refractivity (Wildman–Crippen MR) is 92.1 cm³/mol. The number of fused-ring (bicyclic) bond motifs is 1. The number of rotatable bonds is 5. The van der Waals surface area contributed by atoms with Gasteiger partial charge in [-0.25, -0.2) is 0 Å². The van der Waals surface area contributed by atoms with Crippen molar-refractivity contribution in [2.24, 2.45) is 11.0 Å². The third-order valence-corrected chi connectivity index (χ3v) is 4.46. The molecular weight excluding hydrogens is 272 g/mol. The standard InChI is InChI=1S/C18H24N4/c1-2-8-17(14-9-4-3-5-10-14)20-22-18-16-12-7-6-11-15(16)13-19-21-18/h6-7,11-14H,2-5,8-10H2,1H3,(H,21,22)/b20-17-. The summed E-state index contributed by atoms with van der Waals surface area (Å²) in [6.07, 6.45) is 10.6. The molecule has 0 amide bonds. The van der Waals surface area contributed by atoms with Gasteiger partial charge in [-0.15, -0.1) is 5.10 Å². The maximum Gasteiger partial charge on any atom is 0.176 e. The highest BCUT2D eigenvalue weighted by Gasteiger charge is 2.18. The Morgan fingerprint density at radius 3 is 2.86 bits per heavy atom. The molecule has 1 N–H and O–H groups in total. The Hall–Kier alpha value is -1.97. The third kappa shape index (κ3) is 3.43. The van der Waals surface area contributed by atoms with Crippen LogP contribution in [0.4, 0.5) is 5.82 Å². The van der Waals surface area contributed by atoms with Crippen LogP contribution in [0, 0.1) is 5.92 Å². The van der Waals surface area contributed by atoms with E-state index in [9.17, 15) is 0 Å². The molecule has 1 aliphatic rings. The predicted octanol–water partition coefficient (Wildman–Crippen LogP) is 4.78. The molecule has 0 saturated heterocycles. The molecule has 116 valence electrons. The van der Waals surface area contributed by atoms with E-state index in [4.69, 9.17) is 5.10 Å². The number of benzene rings is 1. The fourth-order valence-corrected chi connectivity index (χ4v) is 3.28. The molecule has 1 aromatic carbocycles. The smallest absolute Gasteiger partial charge is 0.176 e. The van der Waals surface area contributed by atoms with Crippen LogP contribution in [0.5, 0.6) is 0 Å². The molecule has 0 bridgehead atoms. The van der Waals surface area contributed by atoms with Crippen LogP contribution in [0.15, 0.2) is 35.6 Å². The molecule has 1 saturated carbocycles. The van der Waals surface area contributed by atoms with Crippen LogP contribution in [0.25, 0.3) is 10.8 Å². The normalized spacial score (nSPS) is 16.9. The van der Waals surface area contributed by atoms with Gasteiger partial charge in [0.2, 0.25) is 0 Å². The summed E-state index contributed by atoms with van der Waals surface area (Å²) in [4.78, 5) is 0. The summed E-state index contributed by atoms with van der Waals surface area (Å²) in [7, 11) is 0. The van der Waals surface area contributed by atoms with E-state index in [1.165, 1.54) is 37.8 Å². The summed E-state index contributed by atoms with van der Waals surface area (Å²) >= 11 is 0.